The quantitative estimate of drug-likeness (QED) is 0.162. The number of hydrogen-bond acceptors (Lipinski definition) is 6. The van der Waals surface area contributed by atoms with Crippen LogP contribution in [0.15, 0.2) is 49.9 Å². The van der Waals surface area contributed by atoms with Crippen LogP contribution in [0.5, 0.6) is 11.5 Å². The summed E-state index contributed by atoms with van der Waals surface area (Å²) in [5, 5.41) is 0.425. The highest BCUT2D eigenvalue weighted by Crippen LogP contribution is 2.51. The maximum Gasteiger partial charge on any atom is 0.202 e. The Labute approximate surface area is 246 Å². The van der Waals surface area contributed by atoms with Gasteiger partial charge in [0, 0.05) is 20.9 Å². The molecule has 2 aliphatic rings. The Balaban J connectivity index is 1.45. The predicted octanol–water partition coefficient (Wildman–Crippen LogP) is 10.3. The Morgan fingerprint density at radius 2 is 1.28 bits per heavy atom. The first-order valence-electron chi connectivity index (χ1n) is 14.3. The van der Waals surface area contributed by atoms with Crippen LogP contribution in [0.25, 0.3) is 0 Å². The van der Waals surface area contributed by atoms with Gasteiger partial charge >= 0.3 is 0 Å². The van der Waals surface area contributed by atoms with Gasteiger partial charge in [0.05, 0.1) is 27.0 Å². The Morgan fingerprint density at radius 1 is 0.718 bits per heavy atom. The second-order valence-electron chi connectivity index (χ2n) is 10.5. The number of ether oxygens (including phenoxy) is 2. The zero-order valence-electron chi connectivity index (χ0n) is 23.4. The third-order valence-corrected chi connectivity index (χ3v) is 9.84. The van der Waals surface area contributed by atoms with E-state index in [0.29, 0.717) is 31.7 Å². The Morgan fingerprint density at radius 3 is 1.90 bits per heavy atom. The zero-order valence-corrected chi connectivity index (χ0v) is 25.8. The van der Waals surface area contributed by atoms with Crippen molar-refractivity contribution in [1.82, 2.24) is 0 Å². The van der Waals surface area contributed by atoms with Crippen LogP contribution in [0.1, 0.15) is 113 Å². The number of carbonyl (C=O) groups excluding carboxylic acids is 2. The lowest BCUT2D eigenvalue weighted by Crippen LogP contribution is -2.12. The number of carbonyl (C=O) groups is 2. The van der Waals surface area contributed by atoms with E-state index in [9.17, 15) is 9.59 Å². The topological polar surface area (TPSA) is 52.6 Å². The molecular formula is C32H39ClO4S2. The number of fused-ring (bicyclic) bond motifs is 2. The van der Waals surface area contributed by atoms with Crippen LogP contribution in [-0.4, -0.2) is 23.8 Å². The van der Waals surface area contributed by atoms with Crippen molar-refractivity contribution >= 4 is 46.7 Å². The largest absolute Gasteiger partial charge is 0.491 e. The standard InChI is InChI=1S/C32H39ClO4S2/c1-5-7-9-11-13-20(3)36-22-15-16-23-27(17-22)38-31(29(23)34)32-30(35)24-18-25(33)26(19-28(24)39-32)37-21(4)14-12-10-8-6-2/h15-21H,5-14H2,1-4H3/b32-31+/t20-,21-/m1/s1. The second-order valence-corrected chi connectivity index (χ2v) is 13.0. The van der Waals surface area contributed by atoms with E-state index in [0.717, 1.165) is 41.2 Å². The van der Waals surface area contributed by atoms with E-state index in [-0.39, 0.29) is 23.8 Å². The minimum absolute atomic E-state index is 0.0364. The molecule has 2 atom stereocenters. The van der Waals surface area contributed by atoms with E-state index in [1.165, 1.54) is 62.0 Å². The lowest BCUT2D eigenvalue weighted by molar-refractivity contribution is 0.101. The van der Waals surface area contributed by atoms with Crippen LogP contribution >= 0.6 is 35.1 Å². The molecular weight excluding hydrogens is 548 g/mol. The van der Waals surface area contributed by atoms with Crippen molar-refractivity contribution < 1.29 is 19.1 Å². The number of halogens is 1. The summed E-state index contributed by atoms with van der Waals surface area (Å²) in [5.41, 5.74) is 1.15. The minimum atomic E-state index is -0.156. The van der Waals surface area contributed by atoms with Gasteiger partial charge in [-0.2, -0.15) is 0 Å². The van der Waals surface area contributed by atoms with E-state index < -0.39 is 0 Å². The number of rotatable bonds is 14. The number of benzene rings is 2. The first kappa shape index (κ1) is 30.1. The average Bonchev–Trinajstić information content (AvgIpc) is 3.40. The van der Waals surface area contributed by atoms with Gasteiger partial charge in [0.2, 0.25) is 11.6 Å². The molecule has 2 aromatic rings. The summed E-state index contributed by atoms with van der Waals surface area (Å²) < 4.78 is 12.3. The number of unbranched alkanes of at least 4 members (excludes halogenated alkanes) is 6. The molecule has 4 nitrogen and oxygen atoms in total. The molecule has 0 unspecified atom stereocenters. The number of ketones is 2. The van der Waals surface area contributed by atoms with Gasteiger partial charge in [-0.25, -0.2) is 0 Å². The molecule has 39 heavy (non-hydrogen) atoms. The summed E-state index contributed by atoms with van der Waals surface area (Å²) in [7, 11) is 0. The number of Topliss-reactive ketones (excluding diaryl/α,β-unsaturated/α-hetero) is 2. The monoisotopic (exact) mass is 586 g/mol. The SMILES string of the molecule is CCCCCC[C@@H](C)Oc1ccc2c(c1)S/C(=C1/Sc3cc(O[C@H](C)CCCCCC)c(Cl)cc3C1=O)C2=O. The third-order valence-electron chi connectivity index (χ3n) is 7.11. The fourth-order valence-corrected chi connectivity index (χ4v) is 7.42. The average molecular weight is 587 g/mol. The Kier molecular flexibility index (Phi) is 10.9. The summed E-state index contributed by atoms with van der Waals surface area (Å²) in [6.45, 7) is 8.55. The van der Waals surface area contributed by atoms with Crippen molar-refractivity contribution in [3.8, 4) is 11.5 Å². The summed E-state index contributed by atoms with van der Waals surface area (Å²) in [5.74, 6) is 1.08. The normalized spacial score (nSPS) is 17.8. The summed E-state index contributed by atoms with van der Waals surface area (Å²) in [6.07, 6.45) is 11.7. The van der Waals surface area contributed by atoms with Gasteiger partial charge < -0.3 is 9.47 Å². The maximum absolute atomic E-state index is 13.4. The lowest BCUT2D eigenvalue weighted by Gasteiger charge is -2.16. The van der Waals surface area contributed by atoms with Gasteiger partial charge in [-0.15, -0.1) is 0 Å². The molecule has 0 aliphatic carbocycles. The van der Waals surface area contributed by atoms with Crippen LogP contribution in [0.2, 0.25) is 5.02 Å². The summed E-state index contributed by atoms with van der Waals surface area (Å²) in [4.78, 5) is 29.2. The smallest absolute Gasteiger partial charge is 0.202 e. The predicted molar refractivity (Wildman–Crippen MR) is 163 cm³/mol. The van der Waals surface area contributed by atoms with Gasteiger partial charge in [-0.05, 0) is 69.9 Å². The van der Waals surface area contributed by atoms with E-state index in [2.05, 4.69) is 27.7 Å². The first-order valence-corrected chi connectivity index (χ1v) is 16.3. The van der Waals surface area contributed by atoms with Crippen molar-refractivity contribution in [2.24, 2.45) is 0 Å². The molecule has 0 saturated carbocycles. The van der Waals surface area contributed by atoms with Gasteiger partial charge in [-0.1, -0.05) is 87.5 Å². The number of hydrogen-bond donors (Lipinski definition) is 0. The van der Waals surface area contributed by atoms with Gasteiger partial charge in [-0.3, -0.25) is 9.59 Å². The molecule has 0 spiro atoms. The molecule has 0 aromatic heterocycles. The molecule has 0 radical (unpaired) electrons. The van der Waals surface area contributed by atoms with E-state index in [1.54, 1.807) is 6.07 Å². The highest BCUT2D eigenvalue weighted by Gasteiger charge is 2.37. The van der Waals surface area contributed by atoms with E-state index in [4.69, 9.17) is 21.1 Å². The van der Waals surface area contributed by atoms with Crippen LogP contribution in [0, 0.1) is 0 Å². The zero-order chi connectivity index (χ0) is 27.9. The Bertz CT molecular complexity index is 1240. The molecule has 2 aromatic carbocycles. The van der Waals surface area contributed by atoms with Crippen molar-refractivity contribution in [3.63, 3.8) is 0 Å². The maximum atomic E-state index is 13.4. The van der Waals surface area contributed by atoms with Crippen LogP contribution in [0.4, 0.5) is 0 Å². The second kappa shape index (κ2) is 14.1. The van der Waals surface area contributed by atoms with Crippen molar-refractivity contribution in [3.05, 3.63) is 56.3 Å². The molecule has 0 N–H and O–H groups in total. The van der Waals surface area contributed by atoms with E-state index >= 15 is 0 Å². The summed E-state index contributed by atoms with van der Waals surface area (Å²) in [6, 6.07) is 9.14. The van der Waals surface area contributed by atoms with Gasteiger partial charge in [0.15, 0.2) is 0 Å². The fourth-order valence-electron chi connectivity index (χ4n) is 4.88. The lowest BCUT2D eigenvalue weighted by atomic mass is 10.1. The van der Waals surface area contributed by atoms with Gasteiger partial charge in [0.25, 0.3) is 0 Å². The van der Waals surface area contributed by atoms with Gasteiger partial charge in [0.1, 0.15) is 11.5 Å². The third kappa shape index (κ3) is 7.45. The van der Waals surface area contributed by atoms with Crippen molar-refractivity contribution in [1.29, 1.82) is 0 Å². The van der Waals surface area contributed by atoms with Crippen molar-refractivity contribution in [2.45, 2.75) is 114 Å². The molecule has 7 heteroatoms. The summed E-state index contributed by atoms with van der Waals surface area (Å²) >= 11 is 9.22. The van der Waals surface area contributed by atoms with Crippen LogP contribution < -0.4 is 9.47 Å². The highest BCUT2D eigenvalue weighted by molar-refractivity contribution is 8.08. The molecule has 2 aliphatic heterocycles. The highest BCUT2D eigenvalue weighted by atomic mass is 35.5. The molecule has 0 amide bonds. The first-order chi connectivity index (χ1) is 18.8. The number of allylic oxidation sites excluding steroid dienone is 2. The molecule has 210 valence electrons. The van der Waals surface area contributed by atoms with Crippen LogP contribution in [0.3, 0.4) is 0 Å². The van der Waals surface area contributed by atoms with E-state index in [1.807, 2.05) is 24.3 Å². The molecule has 0 fully saturated rings. The van der Waals surface area contributed by atoms with Crippen LogP contribution in [-0.2, 0) is 0 Å². The molecule has 4 rings (SSSR count). The molecule has 2 heterocycles. The minimum Gasteiger partial charge on any atom is -0.491 e. The fraction of sp³-hybridized carbons (Fsp3) is 0.500. The Hall–Kier alpha value is -1.89. The molecule has 0 bridgehead atoms. The number of thioether (sulfide) groups is 2. The molecule has 0 saturated heterocycles. The van der Waals surface area contributed by atoms with Crippen molar-refractivity contribution in [2.75, 3.05) is 0 Å².